The number of carbonyl (C=O) groups excluding carboxylic acids is 1. The number of benzene rings is 1. The molecule has 0 bridgehead atoms. The smallest absolute Gasteiger partial charge is 0.161 e. The molecule has 1 aromatic rings. The van der Waals surface area contributed by atoms with E-state index >= 15 is 0 Å². The summed E-state index contributed by atoms with van der Waals surface area (Å²) in [6, 6.07) is 11.2. The lowest BCUT2D eigenvalue weighted by Gasteiger charge is -2.38. The second kappa shape index (κ2) is 5.73. The highest BCUT2D eigenvalue weighted by Gasteiger charge is 2.50. The first-order valence-electron chi connectivity index (χ1n) is 9.33. The van der Waals surface area contributed by atoms with Gasteiger partial charge in [-0.05, 0) is 17.4 Å². The van der Waals surface area contributed by atoms with Gasteiger partial charge in [0.1, 0.15) is 0 Å². The number of fused-ring (bicyclic) bond motifs is 2. The van der Waals surface area contributed by atoms with Crippen molar-refractivity contribution in [2.45, 2.75) is 45.7 Å². The first kappa shape index (κ1) is 15.9. The van der Waals surface area contributed by atoms with E-state index in [1.807, 2.05) is 0 Å². The molecule has 2 heterocycles. The fraction of sp³-hybridized carbons (Fsp3) is 0.571. The number of likely N-dealkylation sites (tertiary alicyclic amines) is 1. The molecule has 2 aliphatic heterocycles. The summed E-state index contributed by atoms with van der Waals surface area (Å²) >= 11 is 0. The monoisotopic (exact) mass is 325 g/mol. The van der Waals surface area contributed by atoms with Crippen LogP contribution in [0.1, 0.15) is 38.7 Å². The summed E-state index contributed by atoms with van der Waals surface area (Å²) in [5, 5.41) is 0. The number of carbonyl (C=O) groups is 1. The molecule has 3 atom stereocenters. The average Bonchev–Trinajstić information content (AvgIpc) is 2.81. The van der Waals surface area contributed by atoms with E-state index in [-0.39, 0.29) is 5.41 Å². The number of likely N-dealkylation sites (N-methyl/N-ethyl adjacent to an activating group) is 1. The highest BCUT2D eigenvalue weighted by Crippen LogP contribution is 2.48. The van der Waals surface area contributed by atoms with Gasteiger partial charge in [-0.1, -0.05) is 44.2 Å². The van der Waals surface area contributed by atoms with E-state index in [1.165, 1.54) is 23.4 Å². The normalized spacial score (nSPS) is 31.9. The van der Waals surface area contributed by atoms with E-state index in [1.54, 1.807) is 4.90 Å². The topological polar surface area (TPSA) is 24.8 Å². The Hall–Kier alpha value is -1.61. The van der Waals surface area contributed by atoms with E-state index in [4.69, 9.17) is 0 Å². The molecule has 0 amide bonds. The molecule has 1 aliphatic carbocycles. The third kappa shape index (κ3) is 2.69. The van der Waals surface area contributed by atoms with Gasteiger partial charge in [0.05, 0.1) is 26.2 Å². The number of allylic oxidation sites excluding steroid dienone is 1. The predicted molar refractivity (Wildman–Crippen MR) is 95.5 cm³/mol. The predicted octanol–water partition coefficient (Wildman–Crippen LogP) is 2.05. The lowest BCUT2D eigenvalue weighted by Crippen LogP contribution is -3.12. The summed E-state index contributed by atoms with van der Waals surface area (Å²) in [4.78, 5) is 17.1. The average molecular weight is 325 g/mol. The van der Waals surface area contributed by atoms with Crippen LogP contribution in [-0.2, 0) is 11.3 Å². The van der Waals surface area contributed by atoms with Crippen LogP contribution in [0.2, 0.25) is 0 Å². The molecule has 1 fully saturated rings. The van der Waals surface area contributed by atoms with Crippen LogP contribution >= 0.6 is 0 Å². The maximum absolute atomic E-state index is 12.9. The molecule has 1 aromatic carbocycles. The van der Waals surface area contributed by atoms with Crippen LogP contribution in [0.25, 0.3) is 0 Å². The minimum absolute atomic E-state index is 0.0944. The van der Waals surface area contributed by atoms with Crippen molar-refractivity contribution in [3.63, 3.8) is 0 Å². The fourth-order valence-electron chi connectivity index (χ4n) is 5.03. The van der Waals surface area contributed by atoms with Gasteiger partial charge >= 0.3 is 0 Å². The van der Waals surface area contributed by atoms with E-state index in [2.05, 4.69) is 56.1 Å². The summed E-state index contributed by atoms with van der Waals surface area (Å²) in [5.74, 6) is 0.891. The van der Waals surface area contributed by atoms with Crippen LogP contribution in [0.15, 0.2) is 41.6 Å². The Kier molecular flexibility index (Phi) is 3.80. The highest BCUT2D eigenvalue weighted by atomic mass is 16.1. The Balaban J connectivity index is 1.72. The molecule has 0 spiro atoms. The van der Waals surface area contributed by atoms with Crippen molar-refractivity contribution in [2.24, 2.45) is 11.3 Å². The molecule has 1 saturated heterocycles. The molecular formula is C21H29N2O+. The van der Waals surface area contributed by atoms with Crippen molar-refractivity contribution in [3.05, 3.63) is 47.2 Å². The fourth-order valence-corrected chi connectivity index (χ4v) is 5.03. The van der Waals surface area contributed by atoms with E-state index < -0.39 is 0 Å². The molecule has 3 aliphatic rings. The second-order valence-corrected chi connectivity index (χ2v) is 8.79. The van der Waals surface area contributed by atoms with Crippen molar-refractivity contribution < 1.29 is 9.69 Å². The van der Waals surface area contributed by atoms with Crippen LogP contribution in [0.4, 0.5) is 0 Å². The van der Waals surface area contributed by atoms with Gasteiger partial charge in [-0.3, -0.25) is 4.79 Å². The molecule has 4 rings (SSSR count). The zero-order valence-corrected chi connectivity index (χ0v) is 15.1. The summed E-state index contributed by atoms with van der Waals surface area (Å²) in [5.41, 5.74) is 4.01. The van der Waals surface area contributed by atoms with Gasteiger partial charge in [0.15, 0.2) is 5.78 Å². The van der Waals surface area contributed by atoms with Crippen LogP contribution in [0.3, 0.4) is 0 Å². The molecule has 3 heteroatoms. The Morgan fingerprint density at radius 2 is 1.96 bits per heavy atom. The van der Waals surface area contributed by atoms with Gasteiger partial charge < -0.3 is 9.80 Å². The van der Waals surface area contributed by atoms with E-state index in [9.17, 15) is 4.79 Å². The van der Waals surface area contributed by atoms with E-state index in [0.29, 0.717) is 17.7 Å². The summed E-state index contributed by atoms with van der Waals surface area (Å²) in [6.45, 7) is 7.77. The SMILES string of the molecule is C[NH+]1CC[C@@H]2C3=C(CC(C)(C)CC3=O)N(Cc3ccccc3)[C@H]2C1. The molecule has 24 heavy (non-hydrogen) atoms. The van der Waals surface area contributed by atoms with Gasteiger partial charge in [0.25, 0.3) is 0 Å². The lowest BCUT2D eigenvalue weighted by molar-refractivity contribution is -0.887. The summed E-state index contributed by atoms with van der Waals surface area (Å²) in [6.07, 6.45) is 2.93. The standard InChI is InChI=1S/C21H28N2O/c1-21(2)11-17-20(19(24)12-21)16-9-10-22(3)14-18(16)23(17)13-15-7-5-4-6-8-15/h4-8,16,18H,9-14H2,1-3H3/p+1/t16-,18-/m0/s1. The lowest BCUT2D eigenvalue weighted by atomic mass is 9.73. The first-order valence-corrected chi connectivity index (χ1v) is 9.33. The third-order valence-electron chi connectivity index (χ3n) is 6.11. The summed E-state index contributed by atoms with van der Waals surface area (Å²) in [7, 11) is 2.29. The number of hydrogen-bond donors (Lipinski definition) is 1. The minimum Gasteiger partial charge on any atom is -0.361 e. The number of Topliss-reactive ketones (excluding diaryl/α,β-unsaturated/α-hetero) is 1. The van der Waals surface area contributed by atoms with Crippen LogP contribution < -0.4 is 4.90 Å². The number of nitrogens with zero attached hydrogens (tertiary/aromatic N) is 1. The molecule has 0 radical (unpaired) electrons. The van der Waals surface area contributed by atoms with Crippen molar-refractivity contribution in [1.29, 1.82) is 0 Å². The first-order chi connectivity index (χ1) is 11.4. The molecular weight excluding hydrogens is 296 g/mol. The number of quaternary nitrogens is 1. The zero-order valence-electron chi connectivity index (χ0n) is 15.1. The molecule has 3 nitrogen and oxygen atoms in total. The Labute approximate surface area is 145 Å². The maximum atomic E-state index is 12.9. The van der Waals surface area contributed by atoms with Gasteiger partial charge in [0.2, 0.25) is 0 Å². The van der Waals surface area contributed by atoms with Crippen molar-refractivity contribution in [1.82, 2.24) is 4.90 Å². The van der Waals surface area contributed by atoms with E-state index in [0.717, 1.165) is 32.4 Å². The number of nitrogens with one attached hydrogen (secondary N) is 1. The molecule has 0 aromatic heterocycles. The van der Waals surface area contributed by atoms with Gasteiger partial charge in [-0.25, -0.2) is 0 Å². The van der Waals surface area contributed by atoms with Gasteiger partial charge in [-0.15, -0.1) is 0 Å². The van der Waals surface area contributed by atoms with Crippen LogP contribution in [0.5, 0.6) is 0 Å². The van der Waals surface area contributed by atoms with Gasteiger partial charge in [0, 0.05) is 36.6 Å². The summed E-state index contributed by atoms with van der Waals surface area (Å²) < 4.78 is 0. The maximum Gasteiger partial charge on any atom is 0.161 e. The van der Waals surface area contributed by atoms with Crippen molar-refractivity contribution >= 4 is 5.78 Å². The number of piperidine rings is 1. The Morgan fingerprint density at radius 3 is 2.71 bits per heavy atom. The van der Waals surface area contributed by atoms with Crippen LogP contribution in [0, 0.1) is 11.3 Å². The Bertz CT molecular complexity index is 676. The molecule has 1 unspecified atom stereocenters. The number of rotatable bonds is 2. The highest BCUT2D eigenvalue weighted by molar-refractivity contribution is 5.98. The second-order valence-electron chi connectivity index (χ2n) is 8.79. The molecule has 1 N–H and O–H groups in total. The number of ketones is 1. The van der Waals surface area contributed by atoms with Crippen LogP contribution in [-0.4, -0.2) is 36.9 Å². The number of hydrogen-bond acceptors (Lipinski definition) is 2. The minimum atomic E-state index is 0.0944. The van der Waals surface area contributed by atoms with Gasteiger partial charge in [-0.2, -0.15) is 0 Å². The molecule has 0 saturated carbocycles. The van der Waals surface area contributed by atoms with Crippen molar-refractivity contribution in [3.8, 4) is 0 Å². The Morgan fingerprint density at radius 1 is 1.21 bits per heavy atom. The third-order valence-corrected chi connectivity index (χ3v) is 6.11. The largest absolute Gasteiger partial charge is 0.361 e. The van der Waals surface area contributed by atoms with Crippen molar-refractivity contribution in [2.75, 3.05) is 20.1 Å². The molecule has 128 valence electrons. The quantitative estimate of drug-likeness (QED) is 0.900. The zero-order chi connectivity index (χ0) is 16.9.